The Balaban J connectivity index is 2.05. The highest BCUT2D eigenvalue weighted by Crippen LogP contribution is 2.41. The summed E-state index contributed by atoms with van der Waals surface area (Å²) in [6.07, 6.45) is 5.48. The molecule has 1 saturated heterocycles. The van der Waals surface area contributed by atoms with E-state index in [0.29, 0.717) is 0 Å². The first-order valence-corrected chi connectivity index (χ1v) is 8.47. The Morgan fingerprint density at radius 3 is 2.32 bits per heavy atom. The Labute approximate surface area is 135 Å². The minimum absolute atomic E-state index is 0.0145. The van der Waals surface area contributed by atoms with E-state index in [1.807, 2.05) is 0 Å². The normalized spacial score (nSPS) is 20.5. The minimum atomic E-state index is -0.404. The van der Waals surface area contributed by atoms with Gasteiger partial charge in [0.1, 0.15) is 0 Å². The number of benzene rings is 1. The molecule has 1 N–H and O–H groups in total. The van der Waals surface area contributed by atoms with E-state index in [1.54, 1.807) is 6.08 Å². The smallest absolute Gasteiger partial charge is 0.0775 e. The van der Waals surface area contributed by atoms with Gasteiger partial charge in [0.15, 0.2) is 0 Å². The maximum atomic E-state index is 10.6. The third-order valence-corrected chi connectivity index (χ3v) is 5.31. The quantitative estimate of drug-likeness (QED) is 0.830. The number of likely N-dealkylation sites (tertiary alicyclic amines) is 1. The van der Waals surface area contributed by atoms with Gasteiger partial charge in [-0.05, 0) is 65.1 Å². The second kappa shape index (κ2) is 6.97. The van der Waals surface area contributed by atoms with E-state index in [4.69, 9.17) is 0 Å². The molecule has 0 radical (unpaired) electrons. The van der Waals surface area contributed by atoms with Gasteiger partial charge in [-0.2, -0.15) is 0 Å². The SMILES string of the molecule is C=CC(O)C1(CCc2ccccc2)CCN(C(C)(C)C)CC1. The van der Waals surface area contributed by atoms with Gasteiger partial charge in [-0.1, -0.05) is 36.4 Å². The first-order valence-electron chi connectivity index (χ1n) is 8.47. The molecule has 1 fully saturated rings. The van der Waals surface area contributed by atoms with E-state index in [9.17, 15) is 5.11 Å². The molecule has 1 aromatic carbocycles. The molecule has 0 amide bonds. The molecule has 0 saturated carbocycles. The molecule has 1 aliphatic rings. The molecule has 2 rings (SSSR count). The number of piperidine rings is 1. The predicted octanol–water partition coefficient (Wildman–Crippen LogP) is 4.05. The number of aliphatic hydroxyl groups is 1. The predicted molar refractivity (Wildman–Crippen MR) is 94.0 cm³/mol. The highest BCUT2D eigenvalue weighted by molar-refractivity contribution is 5.15. The van der Waals surface area contributed by atoms with E-state index in [-0.39, 0.29) is 11.0 Å². The first kappa shape index (κ1) is 17.2. The highest BCUT2D eigenvalue weighted by Gasteiger charge is 2.41. The van der Waals surface area contributed by atoms with Crippen molar-refractivity contribution in [2.75, 3.05) is 13.1 Å². The van der Waals surface area contributed by atoms with Gasteiger partial charge < -0.3 is 5.11 Å². The lowest BCUT2D eigenvalue weighted by Crippen LogP contribution is -2.51. The molecule has 2 nitrogen and oxygen atoms in total. The van der Waals surface area contributed by atoms with E-state index < -0.39 is 6.10 Å². The van der Waals surface area contributed by atoms with Gasteiger partial charge in [-0.15, -0.1) is 6.58 Å². The molecule has 122 valence electrons. The fourth-order valence-corrected chi connectivity index (χ4v) is 3.60. The van der Waals surface area contributed by atoms with E-state index in [0.717, 1.165) is 38.8 Å². The van der Waals surface area contributed by atoms with E-state index in [2.05, 4.69) is 62.6 Å². The van der Waals surface area contributed by atoms with Crippen molar-refractivity contribution in [3.8, 4) is 0 Å². The summed E-state index contributed by atoms with van der Waals surface area (Å²) in [5.74, 6) is 0. The average molecular weight is 301 g/mol. The summed E-state index contributed by atoms with van der Waals surface area (Å²) in [5, 5.41) is 10.6. The number of nitrogens with zero attached hydrogens (tertiary/aromatic N) is 1. The van der Waals surface area contributed by atoms with Crippen molar-refractivity contribution in [2.24, 2.45) is 5.41 Å². The second-order valence-electron chi connectivity index (χ2n) is 7.69. The molecule has 2 heteroatoms. The fraction of sp³-hybridized carbons (Fsp3) is 0.600. The number of aryl methyl sites for hydroxylation is 1. The number of rotatable bonds is 5. The van der Waals surface area contributed by atoms with E-state index >= 15 is 0 Å². The van der Waals surface area contributed by atoms with Crippen LogP contribution in [0.1, 0.15) is 45.6 Å². The van der Waals surface area contributed by atoms with Gasteiger partial charge in [-0.3, -0.25) is 4.90 Å². The van der Waals surface area contributed by atoms with Crippen molar-refractivity contribution in [1.82, 2.24) is 4.90 Å². The summed E-state index contributed by atoms with van der Waals surface area (Å²) in [4.78, 5) is 2.53. The van der Waals surface area contributed by atoms with Crippen LogP contribution < -0.4 is 0 Å². The van der Waals surface area contributed by atoms with Crippen LogP contribution in [0.5, 0.6) is 0 Å². The third kappa shape index (κ3) is 3.99. The van der Waals surface area contributed by atoms with Gasteiger partial charge in [0.2, 0.25) is 0 Å². The Hall–Kier alpha value is -1.12. The Morgan fingerprint density at radius 2 is 1.82 bits per heavy atom. The van der Waals surface area contributed by atoms with Crippen LogP contribution in [-0.4, -0.2) is 34.7 Å². The number of hydrogen-bond donors (Lipinski definition) is 1. The van der Waals surface area contributed by atoms with Crippen LogP contribution in [0.2, 0.25) is 0 Å². The summed E-state index contributed by atoms with van der Waals surface area (Å²) in [6, 6.07) is 10.6. The van der Waals surface area contributed by atoms with Crippen molar-refractivity contribution in [1.29, 1.82) is 0 Å². The van der Waals surface area contributed by atoms with Crippen LogP contribution in [-0.2, 0) is 6.42 Å². The molecule has 1 unspecified atom stereocenters. The summed E-state index contributed by atoms with van der Waals surface area (Å²) in [5.41, 5.74) is 1.56. The van der Waals surface area contributed by atoms with Crippen LogP contribution in [0.25, 0.3) is 0 Å². The molecular weight excluding hydrogens is 270 g/mol. The van der Waals surface area contributed by atoms with Crippen LogP contribution in [0.15, 0.2) is 43.0 Å². The molecule has 0 aliphatic carbocycles. The van der Waals surface area contributed by atoms with Crippen molar-refractivity contribution in [2.45, 2.75) is 58.1 Å². The zero-order valence-electron chi connectivity index (χ0n) is 14.4. The summed E-state index contributed by atoms with van der Waals surface area (Å²) in [7, 11) is 0. The van der Waals surface area contributed by atoms with Crippen LogP contribution in [0.4, 0.5) is 0 Å². The Kier molecular flexibility index (Phi) is 5.46. The van der Waals surface area contributed by atoms with Crippen molar-refractivity contribution >= 4 is 0 Å². The van der Waals surface area contributed by atoms with Crippen molar-refractivity contribution in [3.05, 3.63) is 48.6 Å². The van der Waals surface area contributed by atoms with E-state index in [1.165, 1.54) is 5.56 Å². The van der Waals surface area contributed by atoms with Crippen LogP contribution in [0, 0.1) is 5.41 Å². The standard InChI is InChI=1S/C20H31NO/c1-5-18(22)20(12-11-17-9-7-6-8-10-17)13-15-21(16-14-20)19(2,3)4/h5-10,18,22H,1,11-16H2,2-4H3. The Bertz CT molecular complexity index is 466. The zero-order valence-corrected chi connectivity index (χ0v) is 14.4. The summed E-state index contributed by atoms with van der Waals surface area (Å²) < 4.78 is 0. The average Bonchev–Trinajstić information content (AvgIpc) is 2.52. The van der Waals surface area contributed by atoms with Crippen molar-refractivity contribution in [3.63, 3.8) is 0 Å². The maximum Gasteiger partial charge on any atom is 0.0775 e. The molecular formula is C20H31NO. The molecule has 1 atom stereocenters. The monoisotopic (exact) mass is 301 g/mol. The first-order chi connectivity index (χ1) is 10.4. The maximum absolute atomic E-state index is 10.6. The molecule has 0 aromatic heterocycles. The van der Waals surface area contributed by atoms with Crippen LogP contribution >= 0.6 is 0 Å². The molecule has 1 aliphatic heterocycles. The minimum Gasteiger partial charge on any atom is -0.388 e. The Morgan fingerprint density at radius 1 is 1.23 bits per heavy atom. The fourth-order valence-electron chi connectivity index (χ4n) is 3.60. The summed E-state index contributed by atoms with van der Waals surface area (Å²) in [6.45, 7) is 12.8. The lowest BCUT2D eigenvalue weighted by atomic mass is 9.69. The summed E-state index contributed by atoms with van der Waals surface area (Å²) >= 11 is 0. The lowest BCUT2D eigenvalue weighted by molar-refractivity contribution is -0.0259. The molecule has 0 spiro atoms. The molecule has 1 heterocycles. The number of hydrogen-bond acceptors (Lipinski definition) is 2. The third-order valence-electron chi connectivity index (χ3n) is 5.31. The second-order valence-corrected chi connectivity index (χ2v) is 7.69. The molecule has 0 bridgehead atoms. The zero-order chi connectivity index (χ0) is 16.2. The van der Waals surface area contributed by atoms with Gasteiger partial charge >= 0.3 is 0 Å². The molecule has 1 aromatic rings. The van der Waals surface area contributed by atoms with Gasteiger partial charge in [0, 0.05) is 11.0 Å². The largest absolute Gasteiger partial charge is 0.388 e. The van der Waals surface area contributed by atoms with Gasteiger partial charge in [0.05, 0.1) is 6.10 Å². The van der Waals surface area contributed by atoms with Gasteiger partial charge in [0.25, 0.3) is 0 Å². The lowest BCUT2D eigenvalue weighted by Gasteiger charge is -2.48. The topological polar surface area (TPSA) is 23.5 Å². The van der Waals surface area contributed by atoms with Gasteiger partial charge in [-0.25, -0.2) is 0 Å². The van der Waals surface area contributed by atoms with Crippen LogP contribution in [0.3, 0.4) is 0 Å². The number of aliphatic hydroxyl groups excluding tert-OH is 1. The van der Waals surface area contributed by atoms with Crippen molar-refractivity contribution < 1.29 is 5.11 Å². The highest BCUT2D eigenvalue weighted by atomic mass is 16.3. The molecule has 22 heavy (non-hydrogen) atoms.